The number of carbonyl (C=O) groups is 1. The third-order valence-electron chi connectivity index (χ3n) is 5.70. The van der Waals surface area contributed by atoms with E-state index in [1.54, 1.807) is 18.2 Å². The Balaban J connectivity index is 1.35. The zero-order valence-electron chi connectivity index (χ0n) is 19.2. The molecule has 4 aromatic rings. The molecular formula is C23H26N8O3. The van der Waals surface area contributed by atoms with Gasteiger partial charge in [-0.1, -0.05) is 38.1 Å². The van der Waals surface area contributed by atoms with Crippen LogP contribution in [-0.4, -0.2) is 44.1 Å². The van der Waals surface area contributed by atoms with Crippen molar-refractivity contribution in [2.24, 2.45) is 0 Å². The van der Waals surface area contributed by atoms with Crippen LogP contribution in [0.5, 0.6) is 0 Å². The minimum absolute atomic E-state index is 0.102. The molecule has 5 rings (SSSR count). The molecule has 4 N–H and O–H groups in total. The number of hydrogen-bond acceptors (Lipinski definition) is 8. The van der Waals surface area contributed by atoms with Gasteiger partial charge in [0.25, 0.3) is 0 Å². The van der Waals surface area contributed by atoms with Crippen molar-refractivity contribution >= 4 is 34.5 Å². The average Bonchev–Trinajstić information content (AvgIpc) is 3.54. The van der Waals surface area contributed by atoms with Crippen molar-refractivity contribution in [3.63, 3.8) is 0 Å². The molecule has 1 aromatic carbocycles. The summed E-state index contributed by atoms with van der Waals surface area (Å²) in [4.78, 5) is 21.0. The van der Waals surface area contributed by atoms with Gasteiger partial charge < -0.3 is 20.3 Å². The second-order valence-corrected chi connectivity index (χ2v) is 9.25. The molecule has 1 unspecified atom stereocenters. The molecule has 1 aliphatic rings. The van der Waals surface area contributed by atoms with E-state index in [1.807, 2.05) is 37.6 Å². The lowest BCUT2D eigenvalue weighted by Crippen LogP contribution is -2.19. The van der Waals surface area contributed by atoms with Crippen LogP contribution in [-0.2, 0) is 10.2 Å². The van der Waals surface area contributed by atoms with E-state index >= 15 is 0 Å². The van der Waals surface area contributed by atoms with Crippen LogP contribution in [0.4, 0.5) is 22.2 Å². The molecule has 176 valence electrons. The molecule has 0 saturated carbocycles. The highest BCUT2D eigenvalue weighted by Gasteiger charge is 2.25. The molecular weight excluding hydrogens is 436 g/mol. The molecule has 4 heterocycles. The Morgan fingerprint density at radius 3 is 2.65 bits per heavy atom. The summed E-state index contributed by atoms with van der Waals surface area (Å²) in [7, 11) is 0. The van der Waals surface area contributed by atoms with Gasteiger partial charge in [-0.25, -0.2) is 19.4 Å². The van der Waals surface area contributed by atoms with E-state index in [9.17, 15) is 4.79 Å². The summed E-state index contributed by atoms with van der Waals surface area (Å²) >= 11 is 0. The molecule has 34 heavy (non-hydrogen) atoms. The first-order chi connectivity index (χ1) is 16.3. The number of nitrogens with zero attached hydrogens (tertiary/aromatic N) is 5. The summed E-state index contributed by atoms with van der Waals surface area (Å²) in [6.45, 7) is 7.33. The normalized spacial score (nSPS) is 16.1. The van der Waals surface area contributed by atoms with E-state index in [2.05, 4.69) is 25.8 Å². The van der Waals surface area contributed by atoms with Gasteiger partial charge in [-0.05, 0) is 18.6 Å². The Bertz CT molecular complexity index is 1330. The fraction of sp³-hybridized carbons (Fsp3) is 0.348. The third-order valence-corrected chi connectivity index (χ3v) is 5.70. The van der Waals surface area contributed by atoms with Crippen LogP contribution in [0.1, 0.15) is 38.9 Å². The molecule has 1 saturated heterocycles. The maximum Gasteiger partial charge on any atom is 0.326 e. The SMILES string of the molecule is CC(C)(C)c1cc(NC(=O)Nc2ccc(-c3nn(C4CCOC4)c4ncnc(N)c34)cc2)on1. The topological polar surface area (TPSA) is 146 Å². The Kier molecular flexibility index (Phi) is 5.40. The number of nitrogens with one attached hydrogen (secondary N) is 2. The quantitative estimate of drug-likeness (QED) is 0.413. The van der Waals surface area contributed by atoms with Gasteiger partial charge in [-0.15, -0.1) is 0 Å². The molecule has 0 aliphatic carbocycles. The highest BCUT2D eigenvalue weighted by atomic mass is 16.5. The molecule has 0 bridgehead atoms. The van der Waals surface area contributed by atoms with Gasteiger partial charge in [0.2, 0.25) is 5.88 Å². The zero-order valence-corrected chi connectivity index (χ0v) is 19.2. The fourth-order valence-electron chi connectivity index (χ4n) is 3.84. The third kappa shape index (κ3) is 4.17. The largest absolute Gasteiger partial charge is 0.383 e. The molecule has 3 aromatic heterocycles. The predicted octanol–water partition coefficient (Wildman–Crippen LogP) is 3.97. The van der Waals surface area contributed by atoms with Crippen LogP contribution in [0.15, 0.2) is 41.2 Å². The van der Waals surface area contributed by atoms with Crippen molar-refractivity contribution in [2.75, 3.05) is 29.6 Å². The maximum absolute atomic E-state index is 12.4. The number of nitrogens with two attached hydrogens (primary N) is 1. The number of carbonyl (C=O) groups excluding carboxylic acids is 1. The van der Waals surface area contributed by atoms with Gasteiger partial charge in [-0.2, -0.15) is 5.10 Å². The Labute approximate surface area is 195 Å². The Hall–Kier alpha value is -3.99. The first-order valence-electron chi connectivity index (χ1n) is 11.0. The summed E-state index contributed by atoms with van der Waals surface area (Å²) < 4.78 is 12.6. The van der Waals surface area contributed by atoms with Crippen LogP contribution >= 0.6 is 0 Å². The van der Waals surface area contributed by atoms with Gasteiger partial charge in [-0.3, -0.25) is 5.32 Å². The van der Waals surface area contributed by atoms with Gasteiger partial charge in [0.15, 0.2) is 5.65 Å². The number of nitrogen functional groups attached to an aromatic ring is 1. The van der Waals surface area contributed by atoms with Crippen LogP contribution in [0.3, 0.4) is 0 Å². The molecule has 2 amide bonds. The maximum atomic E-state index is 12.4. The van der Waals surface area contributed by atoms with Crippen molar-refractivity contribution < 1.29 is 14.1 Å². The lowest BCUT2D eigenvalue weighted by molar-refractivity contribution is 0.185. The summed E-state index contributed by atoms with van der Waals surface area (Å²) in [6, 6.07) is 8.70. The number of fused-ring (bicyclic) bond motifs is 1. The van der Waals surface area contributed by atoms with Crippen molar-refractivity contribution in [1.82, 2.24) is 24.9 Å². The molecule has 1 aliphatic heterocycles. The summed E-state index contributed by atoms with van der Waals surface area (Å²) in [6.07, 6.45) is 2.31. The highest BCUT2D eigenvalue weighted by molar-refractivity contribution is 6.00. The summed E-state index contributed by atoms with van der Waals surface area (Å²) in [5.74, 6) is 0.649. The van der Waals surface area contributed by atoms with E-state index in [4.69, 9.17) is 20.1 Å². The minimum atomic E-state index is -0.432. The van der Waals surface area contributed by atoms with Crippen molar-refractivity contribution in [3.8, 4) is 11.3 Å². The standard InChI is InChI=1S/C23H26N8O3/c1-23(2,3)16-10-17(34-30-16)28-22(32)27-14-6-4-13(5-7-14)19-18-20(24)25-12-26-21(18)31(29-19)15-8-9-33-11-15/h4-7,10,12,15H,8-9,11H2,1-3H3,(H2,24,25,26)(H2,27,28,32). The fourth-order valence-corrected chi connectivity index (χ4v) is 3.84. The number of rotatable bonds is 4. The molecule has 0 spiro atoms. The highest BCUT2D eigenvalue weighted by Crippen LogP contribution is 2.33. The molecule has 0 radical (unpaired) electrons. The van der Waals surface area contributed by atoms with Crippen LogP contribution < -0.4 is 16.4 Å². The average molecular weight is 463 g/mol. The Morgan fingerprint density at radius 2 is 1.97 bits per heavy atom. The molecule has 1 atom stereocenters. The number of urea groups is 1. The summed E-state index contributed by atoms with van der Waals surface area (Å²) in [5.41, 5.74) is 9.58. The van der Waals surface area contributed by atoms with Gasteiger partial charge in [0.05, 0.1) is 23.7 Å². The van der Waals surface area contributed by atoms with Crippen LogP contribution in [0.25, 0.3) is 22.3 Å². The first-order valence-corrected chi connectivity index (χ1v) is 11.0. The number of anilines is 3. The molecule has 1 fully saturated rings. The molecule has 11 heteroatoms. The van der Waals surface area contributed by atoms with Gasteiger partial charge >= 0.3 is 6.03 Å². The number of amides is 2. The lowest BCUT2D eigenvalue weighted by Gasteiger charge is -2.12. The van der Waals surface area contributed by atoms with Gasteiger partial charge in [0, 0.05) is 29.3 Å². The monoisotopic (exact) mass is 462 g/mol. The Morgan fingerprint density at radius 1 is 1.18 bits per heavy atom. The van der Waals surface area contributed by atoms with Crippen LogP contribution in [0, 0.1) is 0 Å². The smallest absolute Gasteiger partial charge is 0.326 e. The second kappa shape index (κ2) is 8.41. The molecule has 11 nitrogen and oxygen atoms in total. The van der Waals surface area contributed by atoms with Crippen molar-refractivity contribution in [1.29, 1.82) is 0 Å². The first kappa shape index (κ1) is 21.8. The van der Waals surface area contributed by atoms with Crippen molar-refractivity contribution in [3.05, 3.63) is 42.4 Å². The number of hydrogen-bond donors (Lipinski definition) is 3. The van der Waals surface area contributed by atoms with Crippen LogP contribution in [0.2, 0.25) is 0 Å². The zero-order chi connectivity index (χ0) is 23.9. The summed E-state index contributed by atoms with van der Waals surface area (Å²) in [5, 5.41) is 15.0. The minimum Gasteiger partial charge on any atom is -0.383 e. The predicted molar refractivity (Wildman–Crippen MR) is 127 cm³/mol. The van der Waals surface area contributed by atoms with Gasteiger partial charge in [0.1, 0.15) is 17.8 Å². The van der Waals surface area contributed by atoms with E-state index in [-0.39, 0.29) is 17.3 Å². The van der Waals surface area contributed by atoms with E-state index in [0.29, 0.717) is 41.4 Å². The van der Waals surface area contributed by atoms with E-state index in [1.165, 1.54) is 6.33 Å². The number of ether oxygens (including phenoxy) is 1. The second-order valence-electron chi connectivity index (χ2n) is 9.25. The number of aromatic nitrogens is 5. The van der Waals surface area contributed by atoms with Crippen molar-refractivity contribution in [2.45, 2.75) is 38.6 Å². The number of benzene rings is 1. The van der Waals surface area contributed by atoms with E-state index < -0.39 is 6.03 Å². The lowest BCUT2D eigenvalue weighted by atomic mass is 9.92. The van der Waals surface area contributed by atoms with E-state index in [0.717, 1.165) is 17.7 Å².